The summed E-state index contributed by atoms with van der Waals surface area (Å²) in [5.74, 6) is 1.48. The highest BCUT2D eigenvalue weighted by Gasteiger charge is 2.33. The summed E-state index contributed by atoms with van der Waals surface area (Å²) in [7, 11) is 3.28. The van der Waals surface area contributed by atoms with Crippen LogP contribution < -0.4 is 9.47 Å². The molecule has 2 unspecified atom stereocenters. The number of rotatable bonds is 7. The highest BCUT2D eigenvalue weighted by Crippen LogP contribution is 2.31. The van der Waals surface area contributed by atoms with Crippen LogP contribution in [0.15, 0.2) is 48.5 Å². The van der Waals surface area contributed by atoms with Crippen molar-refractivity contribution in [1.82, 2.24) is 4.90 Å². The molecular formula is C20H25NO4. The van der Waals surface area contributed by atoms with Gasteiger partial charge in [-0.15, -0.1) is 0 Å². The Bertz CT molecular complexity index is 677. The van der Waals surface area contributed by atoms with E-state index in [9.17, 15) is 5.11 Å². The Balaban J connectivity index is 1.70. The van der Waals surface area contributed by atoms with Gasteiger partial charge in [0.05, 0.1) is 26.9 Å². The Hall–Kier alpha value is -2.08. The predicted octanol–water partition coefficient (Wildman–Crippen LogP) is 2.64. The fourth-order valence-electron chi connectivity index (χ4n) is 3.19. The van der Waals surface area contributed by atoms with Crippen LogP contribution in [0.3, 0.4) is 0 Å². The first-order valence-corrected chi connectivity index (χ1v) is 8.51. The van der Waals surface area contributed by atoms with Crippen LogP contribution in [0.5, 0.6) is 11.5 Å². The summed E-state index contributed by atoms with van der Waals surface area (Å²) in [6.45, 7) is 1.60. The van der Waals surface area contributed by atoms with Gasteiger partial charge in [-0.1, -0.05) is 36.4 Å². The number of aliphatic hydroxyl groups is 1. The van der Waals surface area contributed by atoms with Crippen molar-refractivity contribution in [3.63, 3.8) is 0 Å². The van der Waals surface area contributed by atoms with Gasteiger partial charge in [0.2, 0.25) is 0 Å². The van der Waals surface area contributed by atoms with Crippen LogP contribution >= 0.6 is 0 Å². The SMILES string of the molecule is COc1ccc(CCN2CC(CO)OC2c2ccccc2)cc1OC. The number of aliphatic hydroxyl groups excluding tert-OH is 1. The summed E-state index contributed by atoms with van der Waals surface area (Å²) in [6.07, 6.45) is 0.611. The second-order valence-electron chi connectivity index (χ2n) is 6.14. The molecule has 1 aliphatic heterocycles. The maximum atomic E-state index is 9.48. The van der Waals surface area contributed by atoms with E-state index < -0.39 is 0 Å². The Morgan fingerprint density at radius 1 is 1.08 bits per heavy atom. The molecule has 0 aromatic heterocycles. The highest BCUT2D eigenvalue weighted by molar-refractivity contribution is 5.43. The number of benzene rings is 2. The minimum absolute atomic E-state index is 0.0379. The van der Waals surface area contributed by atoms with Crippen molar-refractivity contribution in [2.75, 3.05) is 33.9 Å². The van der Waals surface area contributed by atoms with Crippen molar-refractivity contribution >= 4 is 0 Å². The van der Waals surface area contributed by atoms with Gasteiger partial charge >= 0.3 is 0 Å². The molecule has 3 rings (SSSR count). The summed E-state index contributed by atoms with van der Waals surface area (Å²) >= 11 is 0. The van der Waals surface area contributed by atoms with E-state index in [0.29, 0.717) is 0 Å². The van der Waals surface area contributed by atoms with Gasteiger partial charge in [-0.25, -0.2) is 0 Å². The van der Waals surface area contributed by atoms with Crippen molar-refractivity contribution in [3.05, 3.63) is 59.7 Å². The lowest BCUT2D eigenvalue weighted by Crippen LogP contribution is -2.27. The molecule has 5 nitrogen and oxygen atoms in total. The molecule has 0 aliphatic carbocycles. The summed E-state index contributed by atoms with van der Waals surface area (Å²) in [4.78, 5) is 2.27. The molecule has 134 valence electrons. The maximum absolute atomic E-state index is 9.48. The van der Waals surface area contributed by atoms with E-state index in [1.54, 1.807) is 14.2 Å². The molecule has 5 heteroatoms. The van der Waals surface area contributed by atoms with E-state index in [-0.39, 0.29) is 18.9 Å². The lowest BCUT2D eigenvalue weighted by Gasteiger charge is -2.23. The van der Waals surface area contributed by atoms with E-state index in [1.165, 1.54) is 5.56 Å². The molecule has 1 heterocycles. The Morgan fingerprint density at radius 2 is 1.84 bits per heavy atom. The van der Waals surface area contributed by atoms with Gasteiger partial charge in [-0.3, -0.25) is 4.90 Å². The van der Waals surface area contributed by atoms with Gasteiger partial charge in [0.15, 0.2) is 11.5 Å². The topological polar surface area (TPSA) is 51.2 Å². The molecule has 1 fully saturated rings. The number of hydrogen-bond acceptors (Lipinski definition) is 5. The van der Waals surface area contributed by atoms with Crippen molar-refractivity contribution in [2.24, 2.45) is 0 Å². The smallest absolute Gasteiger partial charge is 0.160 e. The normalized spacial score (nSPS) is 20.6. The van der Waals surface area contributed by atoms with Crippen LogP contribution in [0.25, 0.3) is 0 Å². The zero-order chi connectivity index (χ0) is 17.6. The largest absolute Gasteiger partial charge is 0.493 e. The Labute approximate surface area is 148 Å². The zero-order valence-electron chi connectivity index (χ0n) is 14.7. The van der Waals surface area contributed by atoms with Crippen molar-refractivity contribution in [3.8, 4) is 11.5 Å². The van der Waals surface area contributed by atoms with Gasteiger partial charge in [-0.05, 0) is 29.7 Å². The second kappa shape index (κ2) is 8.34. The maximum Gasteiger partial charge on any atom is 0.160 e. The fraction of sp³-hybridized carbons (Fsp3) is 0.400. The third-order valence-corrected chi connectivity index (χ3v) is 4.52. The van der Waals surface area contributed by atoms with E-state index >= 15 is 0 Å². The standard InChI is InChI=1S/C20H25NO4/c1-23-18-9-8-15(12-19(18)24-2)10-11-21-13-17(14-22)25-20(21)16-6-4-3-5-7-16/h3-9,12,17,20,22H,10-11,13-14H2,1-2H3. The van der Waals surface area contributed by atoms with Gasteiger partial charge < -0.3 is 19.3 Å². The fourth-order valence-corrected chi connectivity index (χ4v) is 3.19. The lowest BCUT2D eigenvalue weighted by atomic mass is 10.1. The summed E-state index contributed by atoms with van der Waals surface area (Å²) < 4.78 is 16.7. The van der Waals surface area contributed by atoms with Gasteiger partial charge in [0.25, 0.3) is 0 Å². The molecule has 1 saturated heterocycles. The summed E-state index contributed by atoms with van der Waals surface area (Å²) in [5.41, 5.74) is 2.29. The van der Waals surface area contributed by atoms with E-state index in [1.807, 2.05) is 30.3 Å². The highest BCUT2D eigenvalue weighted by atomic mass is 16.5. The Morgan fingerprint density at radius 3 is 2.52 bits per heavy atom. The number of methoxy groups -OCH3 is 2. The Kier molecular flexibility index (Phi) is 5.91. The van der Waals surface area contributed by atoms with Gasteiger partial charge in [0, 0.05) is 13.1 Å². The summed E-state index contributed by atoms with van der Waals surface area (Å²) in [5, 5.41) is 9.48. The first-order valence-electron chi connectivity index (χ1n) is 8.51. The monoisotopic (exact) mass is 343 g/mol. The number of nitrogens with zero attached hydrogens (tertiary/aromatic N) is 1. The van der Waals surface area contributed by atoms with Gasteiger partial charge in [-0.2, -0.15) is 0 Å². The molecule has 0 spiro atoms. The van der Waals surface area contributed by atoms with Gasteiger partial charge in [0.1, 0.15) is 6.23 Å². The quantitative estimate of drug-likeness (QED) is 0.838. The molecular weight excluding hydrogens is 318 g/mol. The van der Waals surface area contributed by atoms with E-state index in [2.05, 4.69) is 23.1 Å². The zero-order valence-corrected chi connectivity index (χ0v) is 14.7. The molecule has 2 aromatic carbocycles. The molecule has 0 amide bonds. The van der Waals surface area contributed by atoms with Crippen molar-refractivity contribution in [2.45, 2.75) is 18.8 Å². The van der Waals surface area contributed by atoms with Crippen LogP contribution in [0.1, 0.15) is 17.4 Å². The van der Waals surface area contributed by atoms with E-state index in [0.717, 1.165) is 36.6 Å². The minimum atomic E-state index is -0.143. The van der Waals surface area contributed by atoms with Crippen LogP contribution in [0.2, 0.25) is 0 Å². The third kappa shape index (κ3) is 4.12. The first-order chi connectivity index (χ1) is 12.2. The summed E-state index contributed by atoms with van der Waals surface area (Å²) in [6, 6.07) is 16.1. The average Bonchev–Trinajstić information content (AvgIpc) is 3.10. The van der Waals surface area contributed by atoms with Crippen LogP contribution in [0, 0.1) is 0 Å². The van der Waals surface area contributed by atoms with E-state index in [4.69, 9.17) is 14.2 Å². The van der Waals surface area contributed by atoms with Crippen LogP contribution in [-0.2, 0) is 11.2 Å². The number of hydrogen-bond donors (Lipinski definition) is 1. The van der Waals surface area contributed by atoms with Crippen LogP contribution in [0.4, 0.5) is 0 Å². The molecule has 2 atom stereocenters. The second-order valence-corrected chi connectivity index (χ2v) is 6.14. The third-order valence-electron chi connectivity index (χ3n) is 4.52. The molecule has 1 aliphatic rings. The van der Waals surface area contributed by atoms with Crippen LogP contribution in [-0.4, -0.2) is 50.0 Å². The molecule has 0 saturated carbocycles. The average molecular weight is 343 g/mol. The van der Waals surface area contributed by atoms with Crippen molar-refractivity contribution in [1.29, 1.82) is 0 Å². The lowest BCUT2D eigenvalue weighted by molar-refractivity contribution is -0.0193. The molecule has 25 heavy (non-hydrogen) atoms. The van der Waals surface area contributed by atoms with Crippen molar-refractivity contribution < 1.29 is 19.3 Å². The molecule has 1 N–H and O–H groups in total. The predicted molar refractivity (Wildman–Crippen MR) is 96.0 cm³/mol. The molecule has 2 aromatic rings. The molecule has 0 bridgehead atoms. The molecule has 0 radical (unpaired) electrons. The first kappa shape index (κ1) is 17.7. The minimum Gasteiger partial charge on any atom is -0.493 e. The number of ether oxygens (including phenoxy) is 3.